The van der Waals surface area contributed by atoms with Crippen LogP contribution in [-0.2, 0) is 11.3 Å². The monoisotopic (exact) mass is 478 g/mol. The van der Waals surface area contributed by atoms with Crippen molar-refractivity contribution in [3.63, 3.8) is 0 Å². The lowest BCUT2D eigenvalue weighted by Crippen LogP contribution is -2.19. The van der Waals surface area contributed by atoms with Crippen LogP contribution in [0, 0.1) is 6.92 Å². The second-order valence-electron chi connectivity index (χ2n) is 7.14. The normalized spacial score (nSPS) is 11.4. The van der Waals surface area contributed by atoms with E-state index in [1.807, 2.05) is 66.1 Å². The van der Waals surface area contributed by atoms with Crippen LogP contribution in [0.5, 0.6) is 0 Å². The Hall–Kier alpha value is -2.96. The number of hydrogen-bond acceptors (Lipinski definition) is 3. The van der Waals surface area contributed by atoms with Crippen molar-refractivity contribution in [2.75, 3.05) is 5.32 Å². The molecule has 148 valence electrons. The third-order valence-corrected chi connectivity index (χ3v) is 5.80. The third-order valence-electron chi connectivity index (χ3n) is 5.08. The first-order chi connectivity index (χ1) is 14.5. The number of fused-ring (bicyclic) bond motifs is 4. The minimum Gasteiger partial charge on any atom is -0.324 e. The molecule has 5 aromatic rings. The third kappa shape index (κ3) is 3.32. The quantitative estimate of drug-likeness (QED) is 0.340. The SMILES string of the molecule is Cc1cc(Cl)ccc1NC(=O)Cn1c2ccc(Br)cc2c2nc3ccccc3nc21. The van der Waals surface area contributed by atoms with E-state index in [0.717, 1.165) is 43.2 Å². The summed E-state index contributed by atoms with van der Waals surface area (Å²) in [5.41, 5.74) is 5.64. The lowest BCUT2D eigenvalue weighted by atomic mass is 10.2. The Kier molecular flexibility index (Phi) is 4.68. The maximum atomic E-state index is 12.9. The molecule has 7 heteroatoms. The summed E-state index contributed by atoms with van der Waals surface area (Å²) in [4.78, 5) is 22.6. The molecular formula is C23H16BrClN4O. The molecule has 30 heavy (non-hydrogen) atoms. The molecule has 0 aliphatic carbocycles. The summed E-state index contributed by atoms with van der Waals surface area (Å²) in [6, 6.07) is 19.1. The van der Waals surface area contributed by atoms with Gasteiger partial charge in [-0.05, 0) is 61.0 Å². The number of hydrogen-bond donors (Lipinski definition) is 1. The number of halogens is 2. The summed E-state index contributed by atoms with van der Waals surface area (Å²) in [7, 11) is 0. The van der Waals surface area contributed by atoms with E-state index in [9.17, 15) is 4.79 Å². The number of aromatic nitrogens is 3. The number of nitrogens with zero attached hydrogens (tertiary/aromatic N) is 3. The zero-order valence-corrected chi connectivity index (χ0v) is 18.3. The summed E-state index contributed by atoms with van der Waals surface area (Å²) in [6.07, 6.45) is 0. The molecule has 0 atom stereocenters. The molecule has 3 aromatic carbocycles. The number of benzene rings is 3. The van der Waals surface area contributed by atoms with Gasteiger partial charge in [0.1, 0.15) is 12.1 Å². The highest BCUT2D eigenvalue weighted by molar-refractivity contribution is 9.10. The lowest BCUT2D eigenvalue weighted by molar-refractivity contribution is -0.116. The largest absolute Gasteiger partial charge is 0.324 e. The van der Waals surface area contributed by atoms with Gasteiger partial charge in [0, 0.05) is 20.6 Å². The molecule has 0 saturated heterocycles. The standard InChI is InChI=1S/C23H16BrClN4O/c1-13-10-15(25)7-8-17(13)26-21(30)12-29-20-9-6-14(24)11-16(20)22-23(29)28-19-5-3-2-4-18(19)27-22/h2-11H,12H2,1H3,(H,26,30). The molecule has 5 rings (SSSR count). The Balaban J connectivity index is 1.63. The van der Waals surface area contributed by atoms with Crippen molar-refractivity contribution >= 4 is 72.2 Å². The van der Waals surface area contributed by atoms with Gasteiger partial charge in [0.2, 0.25) is 5.91 Å². The molecule has 2 heterocycles. The van der Waals surface area contributed by atoms with Gasteiger partial charge >= 0.3 is 0 Å². The highest BCUT2D eigenvalue weighted by atomic mass is 79.9. The van der Waals surface area contributed by atoms with Crippen molar-refractivity contribution in [3.05, 3.63) is 75.7 Å². The zero-order chi connectivity index (χ0) is 20.8. The molecule has 0 aliphatic rings. The molecule has 0 bridgehead atoms. The fourth-order valence-electron chi connectivity index (χ4n) is 3.67. The molecule has 0 unspecified atom stereocenters. The van der Waals surface area contributed by atoms with Gasteiger partial charge in [0.15, 0.2) is 5.65 Å². The first kappa shape index (κ1) is 19.0. The number of rotatable bonds is 3. The number of anilines is 1. The van der Waals surface area contributed by atoms with E-state index < -0.39 is 0 Å². The van der Waals surface area contributed by atoms with Crippen molar-refractivity contribution in [2.45, 2.75) is 13.5 Å². The van der Waals surface area contributed by atoms with Gasteiger partial charge in [0.05, 0.1) is 16.6 Å². The first-order valence-corrected chi connectivity index (χ1v) is 10.6. The van der Waals surface area contributed by atoms with E-state index in [2.05, 4.69) is 21.2 Å². The Morgan fingerprint density at radius 2 is 1.83 bits per heavy atom. The maximum absolute atomic E-state index is 12.9. The van der Waals surface area contributed by atoms with E-state index in [-0.39, 0.29) is 12.5 Å². The minimum absolute atomic E-state index is 0.122. The number of para-hydroxylation sites is 2. The molecule has 0 saturated carbocycles. The molecule has 2 aromatic heterocycles. The summed E-state index contributed by atoms with van der Waals surface area (Å²) < 4.78 is 2.86. The van der Waals surface area contributed by atoms with Crippen LogP contribution in [0.1, 0.15) is 5.56 Å². The molecule has 5 nitrogen and oxygen atoms in total. The van der Waals surface area contributed by atoms with E-state index in [1.54, 1.807) is 6.07 Å². The van der Waals surface area contributed by atoms with E-state index in [1.165, 1.54) is 0 Å². The zero-order valence-electron chi connectivity index (χ0n) is 16.0. The van der Waals surface area contributed by atoms with Crippen LogP contribution in [0.25, 0.3) is 33.1 Å². The van der Waals surface area contributed by atoms with Gasteiger partial charge in [-0.25, -0.2) is 9.97 Å². The van der Waals surface area contributed by atoms with E-state index in [4.69, 9.17) is 21.6 Å². The number of nitrogens with one attached hydrogen (secondary N) is 1. The van der Waals surface area contributed by atoms with Crippen LogP contribution < -0.4 is 5.32 Å². The average Bonchev–Trinajstić information content (AvgIpc) is 3.00. The van der Waals surface area contributed by atoms with Crippen LogP contribution >= 0.6 is 27.5 Å². The summed E-state index contributed by atoms with van der Waals surface area (Å²) in [6.45, 7) is 2.04. The predicted octanol–water partition coefficient (Wildman–Crippen LogP) is 6.10. The van der Waals surface area contributed by atoms with Gasteiger partial charge in [0.25, 0.3) is 0 Å². The fourth-order valence-corrected chi connectivity index (χ4v) is 4.26. The van der Waals surface area contributed by atoms with Crippen LogP contribution in [0.2, 0.25) is 5.02 Å². The Bertz CT molecular complexity index is 1460. The van der Waals surface area contributed by atoms with Gasteiger partial charge < -0.3 is 9.88 Å². The van der Waals surface area contributed by atoms with Gasteiger partial charge in [-0.1, -0.05) is 39.7 Å². The first-order valence-electron chi connectivity index (χ1n) is 9.40. The molecule has 0 spiro atoms. The number of carbonyl (C=O) groups excluding carboxylic acids is 1. The van der Waals surface area contributed by atoms with E-state index in [0.29, 0.717) is 10.7 Å². The molecule has 1 amide bonds. The van der Waals surface area contributed by atoms with Gasteiger partial charge in [-0.15, -0.1) is 0 Å². The predicted molar refractivity (Wildman–Crippen MR) is 125 cm³/mol. The van der Waals surface area contributed by atoms with Crippen molar-refractivity contribution in [3.8, 4) is 0 Å². The molecular weight excluding hydrogens is 464 g/mol. The second-order valence-corrected chi connectivity index (χ2v) is 8.49. The van der Waals surface area contributed by atoms with Crippen LogP contribution in [0.3, 0.4) is 0 Å². The smallest absolute Gasteiger partial charge is 0.244 e. The van der Waals surface area contributed by atoms with E-state index >= 15 is 0 Å². The van der Waals surface area contributed by atoms with Gasteiger partial charge in [-0.2, -0.15) is 0 Å². The van der Waals surface area contributed by atoms with Crippen LogP contribution in [0.4, 0.5) is 5.69 Å². The number of carbonyl (C=O) groups is 1. The van der Waals surface area contributed by atoms with Crippen LogP contribution in [0.15, 0.2) is 65.1 Å². The average molecular weight is 480 g/mol. The highest BCUT2D eigenvalue weighted by Gasteiger charge is 2.17. The van der Waals surface area contributed by atoms with Crippen molar-refractivity contribution in [1.82, 2.24) is 14.5 Å². The number of aryl methyl sites for hydroxylation is 1. The maximum Gasteiger partial charge on any atom is 0.244 e. The molecule has 0 fully saturated rings. The molecule has 1 N–H and O–H groups in total. The van der Waals surface area contributed by atoms with Crippen molar-refractivity contribution in [1.29, 1.82) is 0 Å². The topological polar surface area (TPSA) is 59.8 Å². The Labute approximate surface area is 185 Å². The van der Waals surface area contributed by atoms with Gasteiger partial charge in [-0.3, -0.25) is 4.79 Å². The van der Waals surface area contributed by atoms with Crippen LogP contribution in [-0.4, -0.2) is 20.4 Å². The second kappa shape index (κ2) is 7.38. The fraction of sp³-hybridized carbons (Fsp3) is 0.0870. The lowest BCUT2D eigenvalue weighted by Gasteiger charge is -2.11. The highest BCUT2D eigenvalue weighted by Crippen LogP contribution is 2.30. The van der Waals surface area contributed by atoms with Crippen molar-refractivity contribution < 1.29 is 4.79 Å². The number of amides is 1. The molecule has 0 aliphatic heterocycles. The summed E-state index contributed by atoms with van der Waals surface area (Å²) >= 11 is 9.56. The summed E-state index contributed by atoms with van der Waals surface area (Å²) in [5.74, 6) is -0.142. The Morgan fingerprint density at radius 1 is 1.07 bits per heavy atom. The minimum atomic E-state index is -0.142. The summed E-state index contributed by atoms with van der Waals surface area (Å²) in [5, 5.41) is 4.57. The Morgan fingerprint density at radius 3 is 2.60 bits per heavy atom. The van der Waals surface area contributed by atoms with Crippen molar-refractivity contribution in [2.24, 2.45) is 0 Å². The molecule has 0 radical (unpaired) electrons.